The normalized spacial score (nSPS) is 39.1. The number of hydrogen-bond acceptors (Lipinski definition) is 19. The minimum absolute atomic E-state index is 0.00613. The van der Waals surface area contributed by atoms with Crippen molar-refractivity contribution in [1.82, 2.24) is 25.8 Å². The first kappa shape index (κ1) is 62.1. The number of benzene rings is 1. The Morgan fingerprint density at radius 2 is 1.68 bits per heavy atom. The highest BCUT2D eigenvalue weighted by atomic mass is 32.2. The number of esters is 1. The van der Waals surface area contributed by atoms with Crippen LogP contribution in [0.5, 0.6) is 0 Å². The number of ether oxygens (including phenoxy) is 7. The van der Waals surface area contributed by atoms with Crippen LogP contribution in [0.15, 0.2) is 41.1 Å². The van der Waals surface area contributed by atoms with Crippen molar-refractivity contribution in [2.24, 2.45) is 23.5 Å². The molecular formula is C53H91FN6O13S. The van der Waals surface area contributed by atoms with Crippen LogP contribution in [0.1, 0.15) is 119 Å². The van der Waals surface area contributed by atoms with Crippen LogP contribution >= 0.6 is 11.8 Å². The molecule has 4 aliphatic heterocycles. The average molecular weight is 1070 g/mol. The maximum absolute atomic E-state index is 14.8. The van der Waals surface area contributed by atoms with E-state index < -0.39 is 115 Å². The van der Waals surface area contributed by atoms with Gasteiger partial charge in [-0.25, -0.2) is 4.39 Å². The number of thioether (sulfide) groups is 1. The molecule has 0 spiro atoms. The molecule has 0 unspecified atom stereocenters. The molecule has 1 amide bonds. The lowest BCUT2D eigenvalue weighted by molar-refractivity contribution is -0.308. The van der Waals surface area contributed by atoms with Crippen molar-refractivity contribution in [3.63, 3.8) is 0 Å². The first-order valence-corrected chi connectivity index (χ1v) is 27.4. The largest absolute Gasteiger partial charge is 0.459 e. The van der Waals surface area contributed by atoms with E-state index in [-0.39, 0.29) is 43.1 Å². The Morgan fingerprint density at radius 1 is 1.00 bits per heavy atom. The van der Waals surface area contributed by atoms with Gasteiger partial charge in [-0.3, -0.25) is 14.6 Å². The highest BCUT2D eigenvalue weighted by molar-refractivity contribution is 8.00. The molecule has 19 atom stereocenters. The maximum atomic E-state index is 14.8. The second kappa shape index (κ2) is 26.7. The third kappa shape index (κ3) is 15.3. The second-order valence-corrected chi connectivity index (χ2v) is 23.4. The zero-order valence-corrected chi connectivity index (χ0v) is 47.2. The number of likely N-dealkylation sites (N-methyl/N-ethyl adjacent to an activating group) is 1. The van der Waals surface area contributed by atoms with E-state index in [1.807, 2.05) is 77.2 Å². The van der Waals surface area contributed by atoms with Gasteiger partial charge in [0.05, 0.1) is 47.3 Å². The van der Waals surface area contributed by atoms with Crippen LogP contribution in [0.4, 0.5) is 4.39 Å². The van der Waals surface area contributed by atoms with E-state index in [1.54, 1.807) is 46.7 Å². The van der Waals surface area contributed by atoms with Crippen molar-refractivity contribution >= 4 is 23.6 Å². The van der Waals surface area contributed by atoms with E-state index >= 15 is 0 Å². The van der Waals surface area contributed by atoms with Crippen LogP contribution in [0, 0.1) is 17.8 Å². The summed E-state index contributed by atoms with van der Waals surface area (Å²) in [6.45, 7) is 18.3. The van der Waals surface area contributed by atoms with Gasteiger partial charge in [0.1, 0.15) is 42.7 Å². The number of hydrogen-bond donors (Lipinski definition) is 7. The van der Waals surface area contributed by atoms with E-state index in [0.29, 0.717) is 32.4 Å². The predicted octanol–water partition coefficient (Wildman–Crippen LogP) is 4.16. The third-order valence-corrected chi connectivity index (χ3v) is 17.1. The summed E-state index contributed by atoms with van der Waals surface area (Å²) in [5, 5.41) is 49.2. The standard InChI is InChI=1S/C53H91FN6O13S/c1-15-41-53(10,66)47(62)34(6)59(12)27-30(2)24-51(8,65)49(32(4)45(33(5)50(64)71-41)72-44-25-52(9,68-14)48(63)35(7)70-44)73-43-23-38(22-31(3)69-43)58(11)21-20-37-28-60(57-56-37)40(26-54)46(67-13)36-16-18-39(19-17-36)74-29-42(55)61/h16-19,28,30-35,38,40-41,43-49,56-57,62-63,65-66H,15,20-27,29H2,1-14H3,(H2,55,61)/t30-,31-,32+,33-,34-,35+,38+,40-,41-,43+,44+,45+,46-,47-,48+,49-,51-,52-,53-/m1/s1. The van der Waals surface area contributed by atoms with Crippen LogP contribution < -0.4 is 16.7 Å². The van der Waals surface area contributed by atoms with Crippen LogP contribution in [0.2, 0.25) is 0 Å². The number of rotatable bonds is 18. The zero-order valence-electron chi connectivity index (χ0n) is 46.4. The van der Waals surface area contributed by atoms with Crippen molar-refractivity contribution in [3.8, 4) is 0 Å². The number of nitrogens with one attached hydrogen (secondary N) is 2. The minimum Gasteiger partial charge on any atom is -0.459 e. The fourth-order valence-corrected chi connectivity index (χ4v) is 12.1. The lowest BCUT2D eigenvalue weighted by atomic mass is 9.77. The van der Waals surface area contributed by atoms with Crippen molar-refractivity contribution in [2.75, 3.05) is 53.8 Å². The Hall–Kier alpha value is -2.74. The molecule has 4 aliphatic rings. The summed E-state index contributed by atoms with van der Waals surface area (Å²) in [4.78, 5) is 30.8. The summed E-state index contributed by atoms with van der Waals surface area (Å²) in [7, 11) is 6.96. The lowest BCUT2D eigenvalue weighted by Crippen LogP contribution is -2.59. The number of halogens is 1. The van der Waals surface area contributed by atoms with Crippen LogP contribution in [0.3, 0.4) is 0 Å². The van der Waals surface area contributed by atoms with Crippen molar-refractivity contribution in [2.45, 2.75) is 209 Å². The number of hydrazine groups is 2. The van der Waals surface area contributed by atoms with Gasteiger partial charge in [0.15, 0.2) is 12.6 Å². The van der Waals surface area contributed by atoms with Gasteiger partial charge >= 0.3 is 5.97 Å². The number of amides is 1. The molecule has 3 fully saturated rings. The molecule has 0 radical (unpaired) electrons. The van der Waals surface area contributed by atoms with E-state index in [0.717, 1.165) is 16.2 Å². The van der Waals surface area contributed by atoms with Crippen LogP contribution in [-0.4, -0.2) is 191 Å². The zero-order chi connectivity index (χ0) is 55.0. The van der Waals surface area contributed by atoms with E-state index in [2.05, 4.69) is 15.9 Å². The molecule has 1 aromatic carbocycles. The number of aliphatic hydroxyl groups excluding tert-OH is 2. The predicted molar refractivity (Wildman–Crippen MR) is 278 cm³/mol. The number of aliphatic hydroxyl groups is 4. The number of nitrogens with two attached hydrogens (primary N) is 1. The Bertz CT molecular complexity index is 1980. The van der Waals surface area contributed by atoms with Crippen LogP contribution in [0.25, 0.3) is 0 Å². The van der Waals surface area contributed by atoms with Gasteiger partial charge in [-0.05, 0) is 105 Å². The molecule has 0 aromatic heterocycles. The number of alkyl halides is 1. The van der Waals surface area contributed by atoms with Crippen molar-refractivity contribution < 1.29 is 67.6 Å². The number of cyclic esters (lactones) is 1. The topological polar surface area (TPSA) is 239 Å². The second-order valence-electron chi connectivity index (χ2n) is 22.3. The number of methoxy groups -OCH3 is 2. The Kier molecular flexibility index (Phi) is 22.4. The van der Waals surface area contributed by atoms with Gasteiger partial charge in [0.2, 0.25) is 5.91 Å². The monoisotopic (exact) mass is 1070 g/mol. The SMILES string of the molecule is CC[C@H]1OC(=O)[C@H](C)[C@@H](O[C@H]2C[C@@](C)(OC)[C@@H](O)[C@H](C)O2)[C@H](C)[C@@H](O[C@H]2C[C@@H](N(C)CCC3=CN([C@H](CF)[C@H](OC)c4ccc(SCC(N)=O)cc4)NN3)C[C@@H](C)O2)[C@](C)(O)C[C@@H](C)CN(C)[C@H](C)[C@@H](O)[C@]1(C)O. The number of carbonyl (C=O) groups excluding carboxylic acids is 2. The maximum Gasteiger partial charge on any atom is 0.311 e. The first-order valence-electron chi connectivity index (χ1n) is 26.4. The quantitative estimate of drug-likeness (QED) is 0.0807. The number of nitrogens with zero attached hydrogens (tertiary/aromatic N) is 3. The molecular weight excluding hydrogens is 980 g/mol. The van der Waals surface area contributed by atoms with Gasteiger partial charge in [0, 0.05) is 81.4 Å². The Labute approximate surface area is 443 Å². The molecule has 74 heavy (non-hydrogen) atoms. The molecule has 8 N–H and O–H groups in total. The summed E-state index contributed by atoms with van der Waals surface area (Å²) in [5.41, 5.74) is 8.85. The fraction of sp³-hybridized carbons (Fsp3) is 0.811. The molecule has 21 heteroatoms. The molecule has 0 bridgehead atoms. The molecule has 3 saturated heterocycles. The lowest BCUT2D eigenvalue weighted by Gasteiger charge is -2.48. The molecule has 0 saturated carbocycles. The third-order valence-electron chi connectivity index (χ3n) is 16.1. The number of primary amides is 1. The summed E-state index contributed by atoms with van der Waals surface area (Å²) in [5.74, 6) is -2.82. The molecule has 4 heterocycles. The highest BCUT2D eigenvalue weighted by Crippen LogP contribution is 2.40. The fourth-order valence-electron chi connectivity index (χ4n) is 11.5. The summed E-state index contributed by atoms with van der Waals surface area (Å²) < 4.78 is 59.4. The van der Waals surface area contributed by atoms with Gasteiger partial charge in [-0.15, -0.1) is 17.3 Å². The molecule has 5 rings (SSSR count). The summed E-state index contributed by atoms with van der Waals surface area (Å²) in [6.07, 6.45) is -4.42. The molecule has 19 nitrogen and oxygen atoms in total. The average Bonchev–Trinajstić information content (AvgIpc) is 3.82. The van der Waals surface area contributed by atoms with Gasteiger partial charge in [-0.1, -0.05) is 32.9 Å². The van der Waals surface area contributed by atoms with E-state index in [9.17, 15) is 34.4 Å². The number of carbonyl (C=O) groups is 2. The Balaban J connectivity index is 1.39. The summed E-state index contributed by atoms with van der Waals surface area (Å²) >= 11 is 1.33. The van der Waals surface area contributed by atoms with Gasteiger partial charge in [-0.2, -0.15) is 0 Å². The summed E-state index contributed by atoms with van der Waals surface area (Å²) in [6, 6.07) is 6.19. The Morgan fingerprint density at radius 3 is 2.28 bits per heavy atom. The minimum atomic E-state index is -1.82. The molecule has 0 aliphatic carbocycles. The molecule has 1 aromatic rings. The van der Waals surface area contributed by atoms with Crippen molar-refractivity contribution in [3.05, 3.63) is 41.7 Å². The highest BCUT2D eigenvalue weighted by Gasteiger charge is 2.52. The van der Waals surface area contributed by atoms with E-state index in [1.165, 1.54) is 25.8 Å². The van der Waals surface area contributed by atoms with Gasteiger partial charge in [0.25, 0.3) is 0 Å². The first-order chi connectivity index (χ1) is 34.7. The van der Waals surface area contributed by atoms with Crippen LogP contribution in [-0.2, 0) is 42.7 Å². The smallest absolute Gasteiger partial charge is 0.311 e. The van der Waals surface area contributed by atoms with E-state index in [4.69, 9.17) is 38.9 Å². The molecule has 424 valence electrons. The van der Waals surface area contributed by atoms with Gasteiger partial charge < -0.3 is 74.5 Å². The van der Waals surface area contributed by atoms with Crippen molar-refractivity contribution in [1.29, 1.82) is 0 Å².